The molecule has 0 atom stereocenters. The van der Waals surface area contributed by atoms with Crippen molar-refractivity contribution >= 4 is 10.0 Å². The Balaban J connectivity index is 2.33. The molecular formula is C8H16N2O2S. The van der Waals surface area contributed by atoms with Crippen molar-refractivity contribution in [2.24, 2.45) is 0 Å². The van der Waals surface area contributed by atoms with Crippen molar-refractivity contribution in [3.8, 4) is 0 Å². The number of hydrogen-bond acceptors (Lipinski definition) is 3. The van der Waals surface area contributed by atoms with E-state index < -0.39 is 10.0 Å². The topological polar surface area (TPSA) is 58.2 Å². The maximum atomic E-state index is 11.4. The van der Waals surface area contributed by atoms with Gasteiger partial charge >= 0.3 is 0 Å². The van der Waals surface area contributed by atoms with Gasteiger partial charge in [-0.25, -0.2) is 13.1 Å². The zero-order valence-electron chi connectivity index (χ0n) is 7.79. The quantitative estimate of drug-likeness (QED) is 0.612. The Hall–Kier alpha value is -0.390. The Labute approximate surface area is 79.5 Å². The molecule has 0 spiro atoms. The van der Waals surface area contributed by atoms with E-state index in [1.165, 1.54) is 0 Å². The van der Waals surface area contributed by atoms with Gasteiger partial charge in [0.1, 0.15) is 0 Å². The lowest BCUT2D eigenvalue weighted by Crippen LogP contribution is -2.37. The van der Waals surface area contributed by atoms with Crippen molar-refractivity contribution in [2.45, 2.75) is 18.9 Å². The molecule has 0 saturated heterocycles. The van der Waals surface area contributed by atoms with E-state index in [0.29, 0.717) is 6.54 Å². The van der Waals surface area contributed by atoms with Crippen molar-refractivity contribution in [1.29, 1.82) is 0 Å². The first-order chi connectivity index (χ1) is 6.14. The Morgan fingerprint density at radius 1 is 1.38 bits per heavy atom. The molecule has 76 valence electrons. The smallest absolute Gasteiger partial charge is 0.213 e. The molecule has 0 unspecified atom stereocenters. The van der Waals surface area contributed by atoms with Crippen LogP contribution in [0, 0.1) is 0 Å². The standard InChI is InChI=1S/C8H16N2O2S/c1-9-6-7-13(11,12)10-8-4-2-3-5-8/h2-3,8-10H,4-7H2,1H3. The highest BCUT2D eigenvalue weighted by Crippen LogP contribution is 2.10. The van der Waals surface area contributed by atoms with Crippen molar-refractivity contribution < 1.29 is 8.42 Å². The van der Waals surface area contributed by atoms with Crippen LogP contribution in [-0.4, -0.2) is 33.8 Å². The average molecular weight is 204 g/mol. The van der Waals surface area contributed by atoms with E-state index in [9.17, 15) is 8.42 Å². The van der Waals surface area contributed by atoms with Crippen LogP contribution < -0.4 is 10.0 Å². The van der Waals surface area contributed by atoms with Crippen LogP contribution in [0.5, 0.6) is 0 Å². The summed E-state index contributed by atoms with van der Waals surface area (Å²) in [4.78, 5) is 0. The van der Waals surface area contributed by atoms with E-state index in [1.807, 2.05) is 12.2 Å². The Bertz CT molecular complexity index is 264. The van der Waals surface area contributed by atoms with Crippen LogP contribution in [-0.2, 0) is 10.0 Å². The summed E-state index contributed by atoms with van der Waals surface area (Å²) < 4.78 is 25.4. The van der Waals surface area contributed by atoms with Gasteiger partial charge in [-0.2, -0.15) is 0 Å². The van der Waals surface area contributed by atoms with Crippen LogP contribution in [0.1, 0.15) is 12.8 Å². The van der Waals surface area contributed by atoms with Gasteiger partial charge in [-0.05, 0) is 19.9 Å². The Kier molecular flexibility index (Phi) is 3.90. The Morgan fingerprint density at radius 2 is 2.00 bits per heavy atom. The van der Waals surface area contributed by atoms with Crippen LogP contribution >= 0.6 is 0 Å². The van der Waals surface area contributed by atoms with Gasteiger partial charge in [0.15, 0.2) is 0 Å². The fourth-order valence-electron chi connectivity index (χ4n) is 1.26. The highest BCUT2D eigenvalue weighted by atomic mass is 32.2. The lowest BCUT2D eigenvalue weighted by molar-refractivity contribution is 0.555. The van der Waals surface area contributed by atoms with Gasteiger partial charge in [0, 0.05) is 12.6 Å². The van der Waals surface area contributed by atoms with Crippen molar-refractivity contribution in [3.05, 3.63) is 12.2 Å². The first-order valence-corrected chi connectivity index (χ1v) is 6.09. The van der Waals surface area contributed by atoms with Crippen molar-refractivity contribution in [2.75, 3.05) is 19.3 Å². The van der Waals surface area contributed by atoms with Gasteiger partial charge in [-0.1, -0.05) is 12.2 Å². The molecule has 0 bridgehead atoms. The second-order valence-corrected chi connectivity index (χ2v) is 5.05. The van der Waals surface area contributed by atoms with Crippen LogP contribution in [0.2, 0.25) is 0 Å². The second-order valence-electron chi connectivity index (χ2n) is 3.18. The summed E-state index contributed by atoms with van der Waals surface area (Å²) in [5, 5.41) is 2.81. The zero-order chi connectivity index (χ0) is 9.73. The molecule has 0 radical (unpaired) electrons. The molecule has 0 amide bonds. The lowest BCUT2D eigenvalue weighted by Gasteiger charge is -2.11. The highest BCUT2D eigenvalue weighted by molar-refractivity contribution is 7.89. The number of sulfonamides is 1. The van der Waals surface area contributed by atoms with Gasteiger partial charge in [-0.15, -0.1) is 0 Å². The largest absolute Gasteiger partial charge is 0.319 e. The molecule has 0 saturated carbocycles. The van der Waals surface area contributed by atoms with Gasteiger partial charge in [0.25, 0.3) is 0 Å². The molecule has 0 aliphatic heterocycles. The average Bonchev–Trinajstić information content (AvgIpc) is 2.52. The van der Waals surface area contributed by atoms with E-state index in [1.54, 1.807) is 7.05 Å². The molecule has 5 heteroatoms. The number of hydrogen-bond donors (Lipinski definition) is 2. The minimum atomic E-state index is -3.08. The second kappa shape index (κ2) is 4.74. The summed E-state index contributed by atoms with van der Waals surface area (Å²) in [6.07, 6.45) is 5.65. The predicted molar refractivity (Wildman–Crippen MR) is 53.0 cm³/mol. The molecule has 0 aromatic heterocycles. The van der Waals surface area contributed by atoms with E-state index in [-0.39, 0.29) is 11.8 Å². The molecule has 4 nitrogen and oxygen atoms in total. The summed E-state index contributed by atoms with van der Waals surface area (Å²) in [6.45, 7) is 0.496. The van der Waals surface area contributed by atoms with Gasteiger partial charge < -0.3 is 5.32 Å². The molecule has 0 heterocycles. The summed E-state index contributed by atoms with van der Waals surface area (Å²) in [5.41, 5.74) is 0. The van der Waals surface area contributed by atoms with E-state index in [2.05, 4.69) is 10.0 Å². The SMILES string of the molecule is CNCCS(=O)(=O)NC1CC=CC1. The minimum Gasteiger partial charge on any atom is -0.319 e. The molecule has 2 N–H and O–H groups in total. The summed E-state index contributed by atoms with van der Waals surface area (Å²) >= 11 is 0. The van der Waals surface area contributed by atoms with Crippen LogP contribution in [0.25, 0.3) is 0 Å². The third-order valence-corrected chi connectivity index (χ3v) is 3.41. The van der Waals surface area contributed by atoms with E-state index >= 15 is 0 Å². The third-order valence-electron chi connectivity index (χ3n) is 1.97. The van der Waals surface area contributed by atoms with Crippen molar-refractivity contribution in [3.63, 3.8) is 0 Å². The molecule has 0 aromatic carbocycles. The first kappa shape index (κ1) is 10.7. The summed E-state index contributed by atoms with van der Waals surface area (Å²) in [6, 6.07) is 0.0851. The summed E-state index contributed by atoms with van der Waals surface area (Å²) in [7, 11) is -1.34. The molecular weight excluding hydrogens is 188 g/mol. The van der Waals surface area contributed by atoms with E-state index in [0.717, 1.165) is 12.8 Å². The third kappa shape index (κ3) is 3.89. The number of nitrogens with one attached hydrogen (secondary N) is 2. The molecule has 1 aliphatic rings. The van der Waals surface area contributed by atoms with Gasteiger partial charge in [0.2, 0.25) is 10.0 Å². The van der Waals surface area contributed by atoms with Crippen LogP contribution in [0.4, 0.5) is 0 Å². The molecule has 0 fully saturated rings. The fraction of sp³-hybridized carbons (Fsp3) is 0.750. The predicted octanol–water partition coefficient (Wildman–Crippen LogP) is -0.156. The monoisotopic (exact) mass is 204 g/mol. The maximum absolute atomic E-state index is 11.4. The van der Waals surface area contributed by atoms with Crippen LogP contribution in [0.3, 0.4) is 0 Å². The molecule has 13 heavy (non-hydrogen) atoms. The summed E-state index contributed by atoms with van der Waals surface area (Å²) in [5.74, 6) is 0.153. The fourth-order valence-corrected chi connectivity index (χ4v) is 2.55. The molecule has 0 aromatic rings. The zero-order valence-corrected chi connectivity index (χ0v) is 8.60. The maximum Gasteiger partial charge on any atom is 0.213 e. The van der Waals surface area contributed by atoms with Gasteiger partial charge in [-0.3, -0.25) is 0 Å². The van der Waals surface area contributed by atoms with E-state index in [4.69, 9.17) is 0 Å². The van der Waals surface area contributed by atoms with Crippen LogP contribution in [0.15, 0.2) is 12.2 Å². The lowest BCUT2D eigenvalue weighted by atomic mass is 10.3. The minimum absolute atomic E-state index is 0.0851. The Morgan fingerprint density at radius 3 is 2.54 bits per heavy atom. The van der Waals surface area contributed by atoms with Crippen molar-refractivity contribution in [1.82, 2.24) is 10.0 Å². The normalized spacial score (nSPS) is 18.2. The van der Waals surface area contributed by atoms with Gasteiger partial charge in [0.05, 0.1) is 5.75 Å². The number of rotatable bonds is 5. The molecule has 1 aliphatic carbocycles. The first-order valence-electron chi connectivity index (χ1n) is 4.43. The highest BCUT2D eigenvalue weighted by Gasteiger charge is 2.17. The molecule has 1 rings (SSSR count).